The number of esters is 2. The quantitative estimate of drug-likeness (QED) is 0.0459. The molecule has 0 N–H and O–H groups in total. The smallest absolute Gasteiger partial charge is 0.306 e. The van der Waals surface area contributed by atoms with E-state index >= 15 is 0 Å². The van der Waals surface area contributed by atoms with E-state index in [4.69, 9.17) is 9.47 Å². The zero-order valence-electron chi connectivity index (χ0n) is 36.0. The van der Waals surface area contributed by atoms with Crippen molar-refractivity contribution < 1.29 is 19.1 Å². The molecule has 0 aliphatic rings. The van der Waals surface area contributed by atoms with Gasteiger partial charge in [0, 0.05) is 25.9 Å². The lowest BCUT2D eigenvalue weighted by Crippen LogP contribution is -2.33. The van der Waals surface area contributed by atoms with Gasteiger partial charge in [-0.25, -0.2) is 0 Å². The third-order valence-electron chi connectivity index (χ3n) is 10.6. The summed E-state index contributed by atoms with van der Waals surface area (Å²) in [4.78, 5) is 29.8. The zero-order valence-corrected chi connectivity index (χ0v) is 36.0. The second-order valence-electron chi connectivity index (χ2n) is 16.2. The van der Waals surface area contributed by atoms with Crippen LogP contribution in [0.15, 0.2) is 0 Å². The predicted octanol–water partition coefficient (Wildman–Crippen LogP) is 13.2. The standard InChI is InChI=1S/C46H92N2O4/c1-6-9-12-15-18-19-20-26-34-43-51-45(49)37-31-27-33-40-48(42-41-47(4)5)39-32-25-21-24-30-38-46(50)52-44(35-28-22-16-13-10-7-2)36-29-23-17-14-11-8-3/h44H,6-43H2,1-5H3. The van der Waals surface area contributed by atoms with Gasteiger partial charge in [0.1, 0.15) is 6.10 Å². The van der Waals surface area contributed by atoms with E-state index in [-0.39, 0.29) is 18.0 Å². The number of nitrogens with zero attached hydrogens (tertiary/aromatic N) is 2. The van der Waals surface area contributed by atoms with E-state index in [0.717, 1.165) is 77.5 Å². The van der Waals surface area contributed by atoms with Gasteiger partial charge < -0.3 is 19.3 Å². The molecule has 0 amide bonds. The number of rotatable bonds is 42. The summed E-state index contributed by atoms with van der Waals surface area (Å²) in [7, 11) is 4.30. The molecule has 0 spiro atoms. The highest BCUT2D eigenvalue weighted by Gasteiger charge is 2.14. The van der Waals surface area contributed by atoms with Crippen LogP contribution in [-0.2, 0) is 19.1 Å². The minimum atomic E-state index is -0.0153. The van der Waals surface area contributed by atoms with Gasteiger partial charge in [-0.3, -0.25) is 9.59 Å². The predicted molar refractivity (Wildman–Crippen MR) is 225 cm³/mol. The first-order valence-corrected chi connectivity index (χ1v) is 23.1. The second kappa shape index (κ2) is 41.0. The third kappa shape index (κ3) is 38.6. The Bertz CT molecular complexity index is 730. The van der Waals surface area contributed by atoms with E-state index in [9.17, 15) is 9.59 Å². The Morgan fingerprint density at radius 3 is 1.29 bits per heavy atom. The molecule has 0 unspecified atom stereocenters. The van der Waals surface area contributed by atoms with E-state index < -0.39 is 0 Å². The number of carbonyl (C=O) groups excluding carboxylic acids is 2. The highest BCUT2D eigenvalue weighted by Crippen LogP contribution is 2.18. The Kier molecular flexibility index (Phi) is 40.1. The van der Waals surface area contributed by atoms with Crippen molar-refractivity contribution >= 4 is 11.9 Å². The van der Waals surface area contributed by atoms with Crippen LogP contribution in [0, 0.1) is 0 Å². The molecule has 0 radical (unpaired) electrons. The minimum Gasteiger partial charge on any atom is -0.466 e. The van der Waals surface area contributed by atoms with E-state index in [1.165, 1.54) is 148 Å². The van der Waals surface area contributed by atoms with Crippen molar-refractivity contribution in [3.05, 3.63) is 0 Å². The molecule has 0 aliphatic carbocycles. The zero-order chi connectivity index (χ0) is 38.2. The number of likely N-dealkylation sites (N-methyl/N-ethyl adjacent to an activating group) is 1. The molecule has 6 nitrogen and oxygen atoms in total. The Morgan fingerprint density at radius 1 is 0.423 bits per heavy atom. The van der Waals surface area contributed by atoms with E-state index in [0.29, 0.717) is 19.4 Å². The van der Waals surface area contributed by atoms with E-state index in [1.54, 1.807) is 0 Å². The average molecular weight is 737 g/mol. The molecule has 0 saturated heterocycles. The van der Waals surface area contributed by atoms with Gasteiger partial charge in [-0.15, -0.1) is 0 Å². The Hall–Kier alpha value is -1.14. The van der Waals surface area contributed by atoms with Crippen LogP contribution in [0.3, 0.4) is 0 Å². The van der Waals surface area contributed by atoms with Crippen molar-refractivity contribution in [3.8, 4) is 0 Å². The number of hydrogen-bond donors (Lipinski definition) is 0. The summed E-state index contributed by atoms with van der Waals surface area (Å²) in [6.45, 7) is 11.8. The van der Waals surface area contributed by atoms with E-state index in [2.05, 4.69) is 44.7 Å². The molecular formula is C46H92N2O4. The van der Waals surface area contributed by atoms with Gasteiger partial charge in [-0.05, 0) is 85.0 Å². The number of unbranched alkanes of at least 4 members (excludes halogenated alkanes) is 24. The molecule has 0 aromatic carbocycles. The fourth-order valence-corrected chi connectivity index (χ4v) is 7.08. The summed E-state index contributed by atoms with van der Waals surface area (Å²) in [5, 5.41) is 0. The highest BCUT2D eigenvalue weighted by atomic mass is 16.5. The fourth-order valence-electron chi connectivity index (χ4n) is 7.08. The average Bonchev–Trinajstić information content (AvgIpc) is 3.13. The molecule has 0 fully saturated rings. The summed E-state index contributed by atoms with van der Waals surface area (Å²) in [6.07, 6.45) is 39.2. The molecule has 0 aromatic heterocycles. The van der Waals surface area contributed by atoms with Crippen LogP contribution in [0.2, 0.25) is 0 Å². The van der Waals surface area contributed by atoms with Crippen molar-refractivity contribution in [2.75, 3.05) is 46.9 Å². The van der Waals surface area contributed by atoms with Crippen molar-refractivity contribution in [3.63, 3.8) is 0 Å². The largest absolute Gasteiger partial charge is 0.466 e. The van der Waals surface area contributed by atoms with Crippen LogP contribution < -0.4 is 0 Å². The van der Waals surface area contributed by atoms with Gasteiger partial charge in [0.05, 0.1) is 6.61 Å². The Labute approximate surface area is 325 Å². The normalized spacial score (nSPS) is 11.7. The summed E-state index contributed by atoms with van der Waals surface area (Å²) in [5.41, 5.74) is 0. The van der Waals surface area contributed by atoms with Crippen LogP contribution >= 0.6 is 0 Å². The molecular weight excluding hydrogens is 645 g/mol. The minimum absolute atomic E-state index is 0.0153. The lowest BCUT2D eigenvalue weighted by molar-refractivity contribution is -0.150. The number of ether oxygens (including phenoxy) is 2. The number of hydrogen-bond acceptors (Lipinski definition) is 6. The van der Waals surface area contributed by atoms with Gasteiger partial charge in [-0.1, -0.05) is 162 Å². The molecule has 0 aliphatic heterocycles. The van der Waals surface area contributed by atoms with Gasteiger partial charge in [0.15, 0.2) is 0 Å². The molecule has 0 aromatic rings. The SMILES string of the molecule is CCCCCCCCCCCOC(=O)CCCCCN(CCCCCCCC(=O)OC(CCCCCCCC)CCCCCCCC)CCN(C)C. The molecule has 0 saturated carbocycles. The molecule has 0 bridgehead atoms. The first kappa shape index (κ1) is 50.9. The van der Waals surface area contributed by atoms with Crippen LogP contribution in [0.1, 0.15) is 233 Å². The summed E-state index contributed by atoms with van der Waals surface area (Å²) in [5.74, 6) is 0.0160. The summed E-state index contributed by atoms with van der Waals surface area (Å²) >= 11 is 0. The van der Waals surface area contributed by atoms with Crippen molar-refractivity contribution in [2.45, 2.75) is 239 Å². The van der Waals surface area contributed by atoms with Gasteiger partial charge in [0.25, 0.3) is 0 Å². The maximum Gasteiger partial charge on any atom is 0.306 e. The fraction of sp³-hybridized carbons (Fsp3) is 0.957. The topological polar surface area (TPSA) is 59.1 Å². The molecule has 52 heavy (non-hydrogen) atoms. The van der Waals surface area contributed by atoms with Crippen molar-refractivity contribution in [2.24, 2.45) is 0 Å². The third-order valence-corrected chi connectivity index (χ3v) is 10.6. The highest BCUT2D eigenvalue weighted by molar-refractivity contribution is 5.69. The van der Waals surface area contributed by atoms with Crippen molar-refractivity contribution in [1.29, 1.82) is 0 Å². The Morgan fingerprint density at radius 2 is 0.808 bits per heavy atom. The maximum atomic E-state index is 12.8. The lowest BCUT2D eigenvalue weighted by atomic mass is 10.0. The maximum absolute atomic E-state index is 12.8. The molecule has 310 valence electrons. The van der Waals surface area contributed by atoms with Crippen molar-refractivity contribution in [1.82, 2.24) is 9.80 Å². The van der Waals surface area contributed by atoms with Crippen LogP contribution in [0.5, 0.6) is 0 Å². The monoisotopic (exact) mass is 737 g/mol. The molecule has 0 atom stereocenters. The van der Waals surface area contributed by atoms with Crippen LogP contribution in [-0.4, -0.2) is 74.7 Å². The van der Waals surface area contributed by atoms with E-state index in [1.807, 2.05) is 0 Å². The first-order chi connectivity index (χ1) is 25.4. The van der Waals surface area contributed by atoms with Crippen LogP contribution in [0.4, 0.5) is 0 Å². The molecule has 0 heterocycles. The van der Waals surface area contributed by atoms with Gasteiger partial charge in [0.2, 0.25) is 0 Å². The first-order valence-electron chi connectivity index (χ1n) is 23.1. The Balaban J connectivity index is 4.12. The second-order valence-corrected chi connectivity index (χ2v) is 16.2. The summed E-state index contributed by atoms with van der Waals surface area (Å²) < 4.78 is 11.5. The van der Waals surface area contributed by atoms with Crippen LogP contribution in [0.25, 0.3) is 0 Å². The molecule has 0 rings (SSSR count). The van der Waals surface area contributed by atoms with Gasteiger partial charge in [-0.2, -0.15) is 0 Å². The lowest BCUT2D eigenvalue weighted by Gasteiger charge is -2.24. The number of carbonyl (C=O) groups is 2. The molecule has 6 heteroatoms. The summed E-state index contributed by atoms with van der Waals surface area (Å²) in [6, 6.07) is 0. The van der Waals surface area contributed by atoms with Gasteiger partial charge >= 0.3 is 11.9 Å².